The number of hydrogen-bond donors (Lipinski definition) is 3. The molecule has 2 aromatic carbocycles. The zero-order chi connectivity index (χ0) is 20.3. The lowest BCUT2D eigenvalue weighted by Gasteiger charge is -2.35. The Morgan fingerprint density at radius 3 is 2.62 bits per heavy atom. The number of benzene rings is 2. The maximum atomic E-state index is 12.5. The summed E-state index contributed by atoms with van der Waals surface area (Å²) in [6, 6.07) is 16.0. The predicted molar refractivity (Wildman–Crippen MR) is 114 cm³/mol. The standard InChI is InChI=1S/C24H28N2O3/c27-22-9-6-19-15-20(7-8-21(19)26-22)25-23(28)16-24(29)12-10-18(11-13-24)14-17-4-2-1-3-5-17/h1-5,7-8,15,18,29H,6,9-14,16H2,(H,25,28)(H,26,27). The molecular weight excluding hydrogens is 364 g/mol. The molecule has 0 unspecified atom stereocenters. The molecule has 0 radical (unpaired) electrons. The number of anilines is 2. The molecule has 152 valence electrons. The normalized spacial score (nSPS) is 23.8. The maximum Gasteiger partial charge on any atom is 0.227 e. The Labute approximate surface area is 171 Å². The van der Waals surface area contributed by atoms with E-state index in [2.05, 4.69) is 34.9 Å². The lowest BCUT2D eigenvalue weighted by molar-refractivity contribution is -0.123. The van der Waals surface area contributed by atoms with Gasteiger partial charge >= 0.3 is 0 Å². The number of amides is 2. The molecule has 0 spiro atoms. The van der Waals surface area contributed by atoms with E-state index >= 15 is 0 Å². The van der Waals surface area contributed by atoms with Gasteiger partial charge in [-0.15, -0.1) is 0 Å². The van der Waals surface area contributed by atoms with E-state index in [0.717, 1.165) is 30.5 Å². The van der Waals surface area contributed by atoms with Crippen molar-refractivity contribution in [2.24, 2.45) is 5.92 Å². The van der Waals surface area contributed by atoms with Crippen molar-refractivity contribution in [3.8, 4) is 0 Å². The van der Waals surface area contributed by atoms with Crippen molar-refractivity contribution < 1.29 is 14.7 Å². The van der Waals surface area contributed by atoms with E-state index in [4.69, 9.17) is 0 Å². The number of carbonyl (C=O) groups is 2. The quantitative estimate of drug-likeness (QED) is 0.718. The molecule has 1 heterocycles. The molecule has 4 rings (SSSR count). The first-order chi connectivity index (χ1) is 14.0. The van der Waals surface area contributed by atoms with E-state index in [1.165, 1.54) is 5.56 Å². The third-order valence-corrected chi connectivity index (χ3v) is 6.18. The van der Waals surface area contributed by atoms with Crippen LogP contribution in [0.15, 0.2) is 48.5 Å². The van der Waals surface area contributed by atoms with Crippen molar-refractivity contribution >= 4 is 23.2 Å². The number of hydrogen-bond acceptors (Lipinski definition) is 3. The molecule has 29 heavy (non-hydrogen) atoms. The Balaban J connectivity index is 1.29. The van der Waals surface area contributed by atoms with Crippen LogP contribution in [0.1, 0.15) is 49.7 Å². The molecule has 0 aromatic heterocycles. The largest absolute Gasteiger partial charge is 0.389 e. The number of fused-ring (bicyclic) bond motifs is 1. The highest BCUT2D eigenvalue weighted by atomic mass is 16.3. The van der Waals surface area contributed by atoms with Gasteiger partial charge in [0.05, 0.1) is 12.0 Å². The Kier molecular flexibility index (Phi) is 5.67. The molecule has 1 saturated carbocycles. The minimum atomic E-state index is -0.917. The van der Waals surface area contributed by atoms with E-state index in [9.17, 15) is 14.7 Å². The number of rotatable bonds is 5. The average Bonchev–Trinajstić information content (AvgIpc) is 2.70. The average molecular weight is 392 g/mol. The number of carbonyl (C=O) groups excluding carboxylic acids is 2. The molecule has 2 amide bonds. The molecule has 3 N–H and O–H groups in total. The van der Waals surface area contributed by atoms with Gasteiger partial charge in [0, 0.05) is 17.8 Å². The maximum absolute atomic E-state index is 12.5. The SMILES string of the molecule is O=C(CC1(O)CCC(Cc2ccccc2)CC1)Nc1ccc2c(c1)CCC(=O)N2. The number of aryl methyl sites for hydroxylation is 1. The highest BCUT2D eigenvalue weighted by molar-refractivity contribution is 5.95. The van der Waals surface area contributed by atoms with Gasteiger partial charge in [-0.25, -0.2) is 0 Å². The summed E-state index contributed by atoms with van der Waals surface area (Å²) in [7, 11) is 0. The van der Waals surface area contributed by atoms with Gasteiger partial charge in [0.15, 0.2) is 0 Å². The van der Waals surface area contributed by atoms with Gasteiger partial charge in [-0.1, -0.05) is 30.3 Å². The number of aliphatic hydroxyl groups is 1. The summed E-state index contributed by atoms with van der Waals surface area (Å²) in [4.78, 5) is 24.0. The summed E-state index contributed by atoms with van der Waals surface area (Å²) >= 11 is 0. The van der Waals surface area contributed by atoms with Crippen LogP contribution in [-0.2, 0) is 22.4 Å². The summed E-state index contributed by atoms with van der Waals surface area (Å²) in [5.41, 5.74) is 2.98. The Hall–Kier alpha value is -2.66. The third kappa shape index (κ3) is 5.04. The Morgan fingerprint density at radius 2 is 1.86 bits per heavy atom. The van der Waals surface area contributed by atoms with Gasteiger partial charge in [0.1, 0.15) is 0 Å². The van der Waals surface area contributed by atoms with Gasteiger partial charge in [-0.2, -0.15) is 0 Å². The third-order valence-electron chi connectivity index (χ3n) is 6.18. The zero-order valence-electron chi connectivity index (χ0n) is 16.6. The van der Waals surface area contributed by atoms with Crippen LogP contribution in [0.25, 0.3) is 0 Å². The van der Waals surface area contributed by atoms with E-state index in [-0.39, 0.29) is 18.2 Å². The van der Waals surface area contributed by atoms with Crippen molar-refractivity contribution in [3.05, 3.63) is 59.7 Å². The Morgan fingerprint density at radius 1 is 1.10 bits per heavy atom. The number of nitrogens with one attached hydrogen (secondary N) is 2. The molecule has 5 heteroatoms. The van der Waals surface area contributed by atoms with E-state index < -0.39 is 5.60 Å². The second-order valence-electron chi connectivity index (χ2n) is 8.50. The first kappa shape index (κ1) is 19.6. The van der Waals surface area contributed by atoms with Gasteiger partial charge in [-0.05, 0) is 73.8 Å². The lowest BCUT2D eigenvalue weighted by atomic mass is 9.75. The van der Waals surface area contributed by atoms with Crippen LogP contribution in [0.4, 0.5) is 11.4 Å². The molecule has 2 aliphatic rings. The van der Waals surface area contributed by atoms with Crippen molar-refractivity contribution in [3.63, 3.8) is 0 Å². The summed E-state index contributed by atoms with van der Waals surface area (Å²) in [5.74, 6) is 0.435. The fourth-order valence-electron chi connectivity index (χ4n) is 4.51. The van der Waals surface area contributed by atoms with Crippen LogP contribution in [0.2, 0.25) is 0 Å². The second kappa shape index (κ2) is 8.37. The van der Waals surface area contributed by atoms with Gasteiger partial charge in [-0.3, -0.25) is 9.59 Å². The van der Waals surface area contributed by atoms with E-state index in [1.54, 1.807) is 6.07 Å². The minimum absolute atomic E-state index is 0.0272. The van der Waals surface area contributed by atoms with Crippen LogP contribution in [-0.4, -0.2) is 22.5 Å². The zero-order valence-corrected chi connectivity index (χ0v) is 16.6. The first-order valence-corrected chi connectivity index (χ1v) is 10.5. The molecular formula is C24H28N2O3. The summed E-state index contributed by atoms with van der Waals surface area (Å²) in [5, 5.41) is 16.7. The molecule has 2 aromatic rings. The highest BCUT2D eigenvalue weighted by Gasteiger charge is 2.35. The van der Waals surface area contributed by atoms with Crippen molar-refractivity contribution in [1.82, 2.24) is 0 Å². The van der Waals surface area contributed by atoms with Crippen molar-refractivity contribution in [2.75, 3.05) is 10.6 Å². The Bertz CT molecular complexity index is 886. The topological polar surface area (TPSA) is 78.4 Å². The first-order valence-electron chi connectivity index (χ1n) is 10.5. The van der Waals surface area contributed by atoms with E-state index in [0.29, 0.717) is 37.3 Å². The summed E-state index contributed by atoms with van der Waals surface area (Å²) in [6.45, 7) is 0. The minimum Gasteiger partial charge on any atom is -0.389 e. The molecule has 5 nitrogen and oxygen atoms in total. The molecule has 0 bridgehead atoms. The summed E-state index contributed by atoms with van der Waals surface area (Å²) in [6.07, 6.45) is 5.51. The smallest absolute Gasteiger partial charge is 0.227 e. The molecule has 0 atom stereocenters. The summed E-state index contributed by atoms with van der Waals surface area (Å²) < 4.78 is 0. The monoisotopic (exact) mass is 392 g/mol. The molecule has 1 fully saturated rings. The van der Waals surface area contributed by atoms with Gasteiger partial charge in [0.2, 0.25) is 11.8 Å². The van der Waals surface area contributed by atoms with E-state index in [1.807, 2.05) is 18.2 Å². The van der Waals surface area contributed by atoms with Crippen LogP contribution >= 0.6 is 0 Å². The van der Waals surface area contributed by atoms with Crippen molar-refractivity contribution in [1.29, 1.82) is 0 Å². The second-order valence-corrected chi connectivity index (χ2v) is 8.50. The van der Waals surface area contributed by atoms with Crippen LogP contribution < -0.4 is 10.6 Å². The molecule has 1 aliphatic carbocycles. The highest BCUT2D eigenvalue weighted by Crippen LogP contribution is 2.36. The van der Waals surface area contributed by atoms with Gasteiger partial charge < -0.3 is 15.7 Å². The lowest BCUT2D eigenvalue weighted by Crippen LogP contribution is -2.38. The molecule has 0 saturated heterocycles. The predicted octanol–water partition coefficient (Wildman–Crippen LogP) is 4.06. The van der Waals surface area contributed by atoms with Gasteiger partial charge in [0.25, 0.3) is 0 Å². The van der Waals surface area contributed by atoms with Crippen molar-refractivity contribution in [2.45, 2.75) is 57.0 Å². The van der Waals surface area contributed by atoms with Crippen LogP contribution in [0, 0.1) is 5.92 Å². The fourth-order valence-corrected chi connectivity index (χ4v) is 4.51. The fraction of sp³-hybridized carbons (Fsp3) is 0.417. The van der Waals surface area contributed by atoms with Crippen LogP contribution in [0.3, 0.4) is 0 Å². The van der Waals surface area contributed by atoms with Crippen LogP contribution in [0.5, 0.6) is 0 Å². The molecule has 1 aliphatic heterocycles.